The molecule has 0 saturated heterocycles. The van der Waals surface area contributed by atoms with Gasteiger partial charge in [0.2, 0.25) is 0 Å². The average molecular weight is 214 g/mol. The molecule has 0 aromatic carbocycles. The summed E-state index contributed by atoms with van der Waals surface area (Å²) in [4.78, 5) is 17.7. The maximum absolute atomic E-state index is 10.9. The molecule has 5 heteroatoms. The van der Waals surface area contributed by atoms with Gasteiger partial charge in [0.1, 0.15) is 0 Å². The fourth-order valence-corrected chi connectivity index (χ4v) is 2.16. The Balaban J connectivity index is 2.89. The van der Waals surface area contributed by atoms with Crippen LogP contribution < -0.4 is 4.90 Å². The zero-order chi connectivity index (χ0) is 10.7. The van der Waals surface area contributed by atoms with Crippen LogP contribution in [0.2, 0.25) is 0 Å². The summed E-state index contributed by atoms with van der Waals surface area (Å²) in [5, 5.41) is 9.79. The highest BCUT2D eigenvalue weighted by atomic mass is 32.1. The number of hydrogen-bond acceptors (Lipinski definition) is 4. The van der Waals surface area contributed by atoms with Gasteiger partial charge in [0.15, 0.2) is 5.13 Å². The van der Waals surface area contributed by atoms with Crippen molar-refractivity contribution < 1.29 is 9.90 Å². The Bertz CT molecular complexity index is 322. The monoisotopic (exact) mass is 214 g/mol. The van der Waals surface area contributed by atoms with Gasteiger partial charge >= 0.3 is 5.97 Å². The van der Waals surface area contributed by atoms with Crippen LogP contribution in [0.4, 0.5) is 5.13 Å². The highest BCUT2D eigenvalue weighted by Crippen LogP contribution is 2.29. The molecule has 1 heterocycles. The van der Waals surface area contributed by atoms with Crippen molar-refractivity contribution in [3.8, 4) is 0 Å². The SMILES string of the molecule is CCC(C(=O)O)c1cnc(N(C)C)s1. The van der Waals surface area contributed by atoms with Gasteiger partial charge in [-0.3, -0.25) is 4.79 Å². The zero-order valence-electron chi connectivity index (χ0n) is 8.52. The molecule has 1 unspecified atom stereocenters. The third-order valence-corrected chi connectivity index (χ3v) is 3.22. The highest BCUT2D eigenvalue weighted by molar-refractivity contribution is 7.15. The van der Waals surface area contributed by atoms with Gasteiger partial charge in [-0.1, -0.05) is 6.92 Å². The summed E-state index contributed by atoms with van der Waals surface area (Å²) in [6.45, 7) is 1.87. The maximum Gasteiger partial charge on any atom is 0.311 e. The maximum atomic E-state index is 10.9. The van der Waals surface area contributed by atoms with Crippen LogP contribution in [0.1, 0.15) is 24.1 Å². The number of anilines is 1. The fraction of sp³-hybridized carbons (Fsp3) is 0.556. The van der Waals surface area contributed by atoms with Crippen molar-refractivity contribution in [2.45, 2.75) is 19.3 Å². The lowest BCUT2D eigenvalue weighted by molar-refractivity contribution is -0.138. The van der Waals surface area contributed by atoms with Crippen molar-refractivity contribution in [1.82, 2.24) is 4.98 Å². The van der Waals surface area contributed by atoms with Gasteiger partial charge < -0.3 is 10.0 Å². The summed E-state index contributed by atoms with van der Waals surface area (Å²) >= 11 is 1.44. The second-order valence-electron chi connectivity index (χ2n) is 3.24. The molecule has 0 aliphatic rings. The molecule has 1 atom stereocenters. The van der Waals surface area contributed by atoms with E-state index in [-0.39, 0.29) is 0 Å². The summed E-state index contributed by atoms with van der Waals surface area (Å²) in [6.07, 6.45) is 2.26. The quantitative estimate of drug-likeness (QED) is 0.830. The molecule has 0 aliphatic carbocycles. The summed E-state index contributed by atoms with van der Waals surface area (Å²) < 4.78 is 0. The van der Waals surface area contributed by atoms with E-state index in [4.69, 9.17) is 5.11 Å². The molecule has 0 aliphatic heterocycles. The van der Waals surface area contributed by atoms with E-state index in [1.165, 1.54) is 11.3 Å². The third-order valence-electron chi connectivity index (χ3n) is 1.94. The molecule has 0 amide bonds. The summed E-state index contributed by atoms with van der Waals surface area (Å²) in [6, 6.07) is 0. The van der Waals surface area contributed by atoms with E-state index in [0.717, 1.165) is 10.0 Å². The summed E-state index contributed by atoms with van der Waals surface area (Å²) in [5.74, 6) is -1.19. The highest BCUT2D eigenvalue weighted by Gasteiger charge is 2.20. The number of nitrogens with zero attached hydrogens (tertiary/aromatic N) is 2. The summed E-state index contributed by atoms with van der Waals surface area (Å²) in [5.41, 5.74) is 0. The largest absolute Gasteiger partial charge is 0.481 e. The van der Waals surface area contributed by atoms with Gasteiger partial charge in [-0.2, -0.15) is 0 Å². The van der Waals surface area contributed by atoms with Crippen molar-refractivity contribution >= 4 is 22.4 Å². The second-order valence-corrected chi connectivity index (χ2v) is 4.28. The zero-order valence-corrected chi connectivity index (χ0v) is 9.34. The molecule has 1 rings (SSSR count). The van der Waals surface area contributed by atoms with Crippen LogP contribution in [-0.2, 0) is 4.79 Å². The number of rotatable bonds is 4. The lowest BCUT2D eigenvalue weighted by Crippen LogP contribution is -2.09. The van der Waals surface area contributed by atoms with Crippen molar-refractivity contribution in [2.75, 3.05) is 19.0 Å². The molecular weight excluding hydrogens is 200 g/mol. The first kappa shape index (κ1) is 11.0. The van der Waals surface area contributed by atoms with Crippen LogP contribution in [0.3, 0.4) is 0 Å². The Morgan fingerprint density at radius 1 is 1.71 bits per heavy atom. The predicted octanol–water partition coefficient (Wildman–Crippen LogP) is 1.79. The standard InChI is InChI=1S/C9H14N2O2S/c1-4-6(8(12)13)7-5-10-9(14-7)11(2)3/h5-6H,4H2,1-3H3,(H,12,13). The first-order valence-electron chi connectivity index (χ1n) is 4.42. The van der Waals surface area contributed by atoms with Crippen LogP contribution >= 0.6 is 11.3 Å². The predicted molar refractivity (Wildman–Crippen MR) is 57.1 cm³/mol. The van der Waals surface area contributed by atoms with Crippen LogP contribution in [-0.4, -0.2) is 30.2 Å². The fourth-order valence-electron chi connectivity index (χ4n) is 1.14. The number of carboxylic acid groups (broad SMARTS) is 1. The van der Waals surface area contributed by atoms with Gasteiger partial charge in [-0.15, -0.1) is 11.3 Å². The van der Waals surface area contributed by atoms with E-state index in [2.05, 4.69) is 4.98 Å². The van der Waals surface area contributed by atoms with E-state index in [9.17, 15) is 4.79 Å². The Morgan fingerprint density at radius 3 is 2.71 bits per heavy atom. The molecule has 4 nitrogen and oxygen atoms in total. The van der Waals surface area contributed by atoms with Crippen molar-refractivity contribution in [3.63, 3.8) is 0 Å². The van der Waals surface area contributed by atoms with Gasteiger partial charge in [0.05, 0.1) is 5.92 Å². The van der Waals surface area contributed by atoms with E-state index in [1.54, 1.807) is 6.20 Å². The molecule has 0 spiro atoms. The van der Waals surface area contributed by atoms with Crippen LogP contribution in [0.5, 0.6) is 0 Å². The van der Waals surface area contributed by atoms with Gasteiger partial charge in [-0.25, -0.2) is 4.98 Å². The van der Waals surface area contributed by atoms with Gasteiger partial charge in [0, 0.05) is 25.2 Å². The molecule has 1 aromatic rings. The lowest BCUT2D eigenvalue weighted by Gasteiger charge is -2.07. The molecule has 78 valence electrons. The normalized spacial score (nSPS) is 12.5. The summed E-state index contributed by atoms with van der Waals surface area (Å²) in [7, 11) is 3.79. The Morgan fingerprint density at radius 2 is 2.36 bits per heavy atom. The minimum atomic E-state index is -0.776. The minimum Gasteiger partial charge on any atom is -0.481 e. The lowest BCUT2D eigenvalue weighted by atomic mass is 10.1. The molecule has 0 saturated carbocycles. The van der Waals surface area contributed by atoms with E-state index in [0.29, 0.717) is 6.42 Å². The van der Waals surface area contributed by atoms with Crippen molar-refractivity contribution in [1.29, 1.82) is 0 Å². The molecule has 0 bridgehead atoms. The topological polar surface area (TPSA) is 53.4 Å². The van der Waals surface area contributed by atoms with Crippen molar-refractivity contribution in [2.24, 2.45) is 0 Å². The third kappa shape index (κ3) is 2.23. The molecule has 0 fully saturated rings. The first-order chi connectivity index (χ1) is 6.56. The van der Waals surface area contributed by atoms with Crippen LogP contribution in [0, 0.1) is 0 Å². The Labute approximate surface area is 87.2 Å². The number of carboxylic acids is 1. The number of aromatic nitrogens is 1. The van der Waals surface area contributed by atoms with Crippen LogP contribution in [0.25, 0.3) is 0 Å². The van der Waals surface area contributed by atoms with Crippen molar-refractivity contribution in [3.05, 3.63) is 11.1 Å². The number of aliphatic carboxylic acids is 1. The van der Waals surface area contributed by atoms with Gasteiger partial charge in [-0.05, 0) is 6.42 Å². The van der Waals surface area contributed by atoms with E-state index in [1.807, 2.05) is 25.9 Å². The minimum absolute atomic E-state index is 0.416. The molecular formula is C9H14N2O2S. The number of thiazole rings is 1. The van der Waals surface area contributed by atoms with E-state index < -0.39 is 11.9 Å². The Kier molecular flexibility index (Phi) is 3.46. The smallest absolute Gasteiger partial charge is 0.311 e. The second kappa shape index (κ2) is 4.41. The molecule has 0 radical (unpaired) electrons. The first-order valence-corrected chi connectivity index (χ1v) is 5.23. The molecule has 1 aromatic heterocycles. The average Bonchev–Trinajstić information content (AvgIpc) is 2.53. The van der Waals surface area contributed by atoms with E-state index >= 15 is 0 Å². The molecule has 14 heavy (non-hydrogen) atoms. The molecule has 1 N–H and O–H groups in total. The number of carbonyl (C=O) groups is 1. The van der Waals surface area contributed by atoms with Crippen LogP contribution in [0.15, 0.2) is 6.20 Å². The number of hydrogen-bond donors (Lipinski definition) is 1. The Hall–Kier alpha value is -1.10. The van der Waals surface area contributed by atoms with Gasteiger partial charge in [0.25, 0.3) is 0 Å².